The number of carbonyl (C=O) groups is 3. The number of halogens is 1. The molecule has 1 aliphatic heterocycles. The van der Waals surface area contributed by atoms with Crippen LogP contribution in [0.5, 0.6) is 5.75 Å². The van der Waals surface area contributed by atoms with Gasteiger partial charge in [0, 0.05) is 53.8 Å². The van der Waals surface area contributed by atoms with E-state index in [9.17, 15) is 14.4 Å². The normalized spacial score (nSPS) is 13.3. The predicted molar refractivity (Wildman–Crippen MR) is 157 cm³/mol. The number of benzene rings is 3. The molecule has 3 N–H and O–H groups in total. The summed E-state index contributed by atoms with van der Waals surface area (Å²) in [5.41, 5.74) is 2.43. The Labute approximate surface area is 241 Å². The first-order chi connectivity index (χ1) is 19.7. The van der Waals surface area contributed by atoms with Crippen molar-refractivity contribution in [3.05, 3.63) is 82.4 Å². The molecule has 0 aliphatic carbocycles. The number of ether oxygens (including phenoxy) is 2. The number of nitrogens with one attached hydrogen (secondary N) is 2. The van der Waals surface area contributed by atoms with Gasteiger partial charge in [-0.05, 0) is 54.6 Å². The van der Waals surface area contributed by atoms with Gasteiger partial charge in [0.15, 0.2) is 0 Å². The van der Waals surface area contributed by atoms with Crippen molar-refractivity contribution in [2.24, 2.45) is 4.99 Å². The standard InChI is InChI=1S/C30H27ClN4O6/c1-3-19-4-8-23(9-5-19)33-29(37)25-16-21(31)17-26(40-2)27(25)34-28(36)20-6-10-22(11-7-20)32-18-35-14-12-24(13-15-35)41-30(38)39/h1,4-11,16-18,24H,12-15H2,2H3,(H,33,37)(H,34,36)(H,38,39). The van der Waals surface area contributed by atoms with Gasteiger partial charge in [-0.1, -0.05) is 17.5 Å². The number of carbonyl (C=O) groups excluding carboxylic acids is 2. The number of hydrogen-bond donors (Lipinski definition) is 3. The summed E-state index contributed by atoms with van der Waals surface area (Å²) in [6.07, 6.45) is 6.69. The summed E-state index contributed by atoms with van der Waals surface area (Å²) in [7, 11) is 1.41. The topological polar surface area (TPSA) is 130 Å². The lowest BCUT2D eigenvalue weighted by Crippen LogP contribution is -2.36. The van der Waals surface area contributed by atoms with Gasteiger partial charge in [-0.3, -0.25) is 9.59 Å². The molecule has 41 heavy (non-hydrogen) atoms. The van der Waals surface area contributed by atoms with Crippen molar-refractivity contribution in [2.45, 2.75) is 18.9 Å². The van der Waals surface area contributed by atoms with Crippen LogP contribution in [0.2, 0.25) is 5.02 Å². The van der Waals surface area contributed by atoms with E-state index in [4.69, 9.17) is 32.6 Å². The smallest absolute Gasteiger partial charge is 0.494 e. The molecule has 1 fully saturated rings. The molecule has 0 bridgehead atoms. The summed E-state index contributed by atoms with van der Waals surface area (Å²) in [6, 6.07) is 16.3. The maximum absolute atomic E-state index is 13.2. The first kappa shape index (κ1) is 29.0. The summed E-state index contributed by atoms with van der Waals surface area (Å²) in [6.45, 7) is 1.24. The van der Waals surface area contributed by atoms with E-state index in [-0.39, 0.29) is 28.1 Å². The molecule has 0 spiro atoms. The van der Waals surface area contributed by atoms with Gasteiger partial charge in [-0.15, -0.1) is 6.42 Å². The molecule has 1 heterocycles. The molecule has 4 rings (SSSR count). The average Bonchev–Trinajstić information content (AvgIpc) is 2.97. The van der Waals surface area contributed by atoms with E-state index in [0.717, 1.165) is 0 Å². The Kier molecular flexibility index (Phi) is 9.45. The van der Waals surface area contributed by atoms with Gasteiger partial charge in [0.25, 0.3) is 11.8 Å². The van der Waals surface area contributed by atoms with Gasteiger partial charge in [0.2, 0.25) is 0 Å². The minimum Gasteiger partial charge on any atom is -0.494 e. The van der Waals surface area contributed by atoms with E-state index < -0.39 is 18.0 Å². The van der Waals surface area contributed by atoms with Crippen molar-refractivity contribution >= 4 is 53.0 Å². The number of hydrogen-bond acceptors (Lipinski definition) is 6. The third kappa shape index (κ3) is 7.77. The molecule has 0 radical (unpaired) electrons. The molecular weight excluding hydrogens is 548 g/mol. The number of piperidine rings is 1. The number of rotatable bonds is 8. The van der Waals surface area contributed by atoms with Gasteiger partial charge in [0.1, 0.15) is 11.9 Å². The fourth-order valence-corrected chi connectivity index (χ4v) is 4.39. The molecule has 3 aromatic rings. The van der Waals surface area contributed by atoms with Crippen molar-refractivity contribution in [1.82, 2.24) is 4.90 Å². The summed E-state index contributed by atoms with van der Waals surface area (Å²) in [4.78, 5) is 43.4. The predicted octanol–water partition coefficient (Wildman–Crippen LogP) is 5.65. The van der Waals surface area contributed by atoms with E-state index in [1.54, 1.807) is 54.9 Å². The Hall–Kier alpha value is -5.01. The van der Waals surface area contributed by atoms with E-state index in [0.29, 0.717) is 48.4 Å². The van der Waals surface area contributed by atoms with Gasteiger partial charge in [-0.2, -0.15) is 0 Å². The summed E-state index contributed by atoms with van der Waals surface area (Å²) in [5, 5.41) is 14.5. The number of terminal acetylenes is 1. The lowest BCUT2D eigenvalue weighted by atomic mass is 10.1. The van der Waals surface area contributed by atoms with Crippen LogP contribution < -0.4 is 15.4 Å². The zero-order chi connectivity index (χ0) is 29.4. The van der Waals surface area contributed by atoms with Crippen molar-refractivity contribution in [3.63, 3.8) is 0 Å². The maximum Gasteiger partial charge on any atom is 0.506 e. The zero-order valence-electron chi connectivity index (χ0n) is 22.1. The molecule has 0 unspecified atom stereocenters. The van der Waals surface area contributed by atoms with Crippen molar-refractivity contribution in [2.75, 3.05) is 30.8 Å². The lowest BCUT2D eigenvalue weighted by Gasteiger charge is -2.29. The van der Waals surface area contributed by atoms with Crippen LogP contribution in [0.15, 0.2) is 65.7 Å². The monoisotopic (exact) mass is 574 g/mol. The van der Waals surface area contributed by atoms with Crippen LogP contribution in [0.3, 0.4) is 0 Å². The van der Waals surface area contributed by atoms with E-state index >= 15 is 0 Å². The summed E-state index contributed by atoms with van der Waals surface area (Å²) < 4.78 is 10.2. The number of methoxy groups -OCH3 is 1. The Morgan fingerprint density at radius 3 is 2.34 bits per heavy atom. The maximum atomic E-state index is 13.2. The number of amides is 2. The third-order valence-electron chi connectivity index (χ3n) is 6.32. The van der Waals surface area contributed by atoms with Crippen LogP contribution in [0.1, 0.15) is 39.1 Å². The third-order valence-corrected chi connectivity index (χ3v) is 6.54. The molecular formula is C30H27ClN4O6. The summed E-state index contributed by atoms with van der Waals surface area (Å²) >= 11 is 6.23. The summed E-state index contributed by atoms with van der Waals surface area (Å²) in [5.74, 6) is 1.77. The lowest BCUT2D eigenvalue weighted by molar-refractivity contribution is 0.0297. The Balaban J connectivity index is 1.44. The quantitative estimate of drug-likeness (QED) is 0.137. The SMILES string of the molecule is C#Cc1ccc(NC(=O)c2cc(Cl)cc(OC)c2NC(=O)c2ccc(N=CN3CCC(OC(=O)O)CC3)cc2)cc1. The van der Waals surface area contributed by atoms with Crippen molar-refractivity contribution in [3.8, 4) is 18.1 Å². The molecule has 2 amide bonds. The average molecular weight is 575 g/mol. The Morgan fingerprint density at radius 1 is 1.05 bits per heavy atom. The van der Waals surface area contributed by atoms with Crippen LogP contribution in [-0.4, -0.2) is 60.6 Å². The second-order valence-corrected chi connectivity index (χ2v) is 9.51. The number of likely N-dealkylation sites (tertiary alicyclic amines) is 1. The molecule has 0 aromatic heterocycles. The largest absolute Gasteiger partial charge is 0.506 e. The van der Waals surface area contributed by atoms with Crippen LogP contribution in [0.25, 0.3) is 0 Å². The molecule has 0 atom stereocenters. The molecule has 0 saturated carbocycles. The first-order valence-corrected chi connectivity index (χ1v) is 13.0. The molecule has 1 saturated heterocycles. The zero-order valence-corrected chi connectivity index (χ0v) is 22.9. The fraction of sp³-hybridized carbons (Fsp3) is 0.200. The van der Waals surface area contributed by atoms with Crippen LogP contribution in [0, 0.1) is 12.3 Å². The number of anilines is 2. The van der Waals surface area contributed by atoms with Crippen molar-refractivity contribution < 1.29 is 29.0 Å². The molecule has 210 valence electrons. The Morgan fingerprint density at radius 2 is 1.73 bits per heavy atom. The molecule has 1 aliphatic rings. The highest BCUT2D eigenvalue weighted by atomic mass is 35.5. The number of carboxylic acid groups (broad SMARTS) is 1. The van der Waals surface area contributed by atoms with Crippen LogP contribution >= 0.6 is 11.6 Å². The van der Waals surface area contributed by atoms with E-state index in [1.807, 2.05) is 4.90 Å². The number of aliphatic imine (C=N–C) groups is 1. The minimum absolute atomic E-state index is 0.113. The second kappa shape index (κ2) is 13.4. The van der Waals surface area contributed by atoms with Gasteiger partial charge in [-0.25, -0.2) is 9.79 Å². The molecule has 11 heteroatoms. The van der Waals surface area contributed by atoms with Gasteiger partial charge < -0.3 is 30.1 Å². The van der Waals surface area contributed by atoms with Crippen LogP contribution in [0.4, 0.5) is 21.9 Å². The minimum atomic E-state index is -1.26. The van der Waals surface area contributed by atoms with E-state index in [2.05, 4.69) is 21.5 Å². The Bertz CT molecular complexity index is 1490. The highest BCUT2D eigenvalue weighted by molar-refractivity contribution is 6.31. The van der Waals surface area contributed by atoms with Gasteiger partial charge in [0.05, 0.1) is 30.4 Å². The van der Waals surface area contributed by atoms with E-state index in [1.165, 1.54) is 19.2 Å². The second-order valence-electron chi connectivity index (χ2n) is 9.07. The highest BCUT2D eigenvalue weighted by Gasteiger charge is 2.22. The number of nitrogens with zero attached hydrogens (tertiary/aromatic N) is 2. The fourth-order valence-electron chi connectivity index (χ4n) is 4.18. The first-order valence-electron chi connectivity index (χ1n) is 12.6. The van der Waals surface area contributed by atoms with Gasteiger partial charge >= 0.3 is 6.16 Å². The highest BCUT2D eigenvalue weighted by Crippen LogP contribution is 2.33. The van der Waals surface area contributed by atoms with Crippen LogP contribution in [-0.2, 0) is 4.74 Å². The molecule has 3 aromatic carbocycles. The molecule has 10 nitrogen and oxygen atoms in total. The van der Waals surface area contributed by atoms with Crippen molar-refractivity contribution in [1.29, 1.82) is 0 Å².